The van der Waals surface area contributed by atoms with E-state index in [1.54, 1.807) is 13.8 Å². The minimum Gasteiger partial charge on any atom is -0.325 e. The molecule has 0 saturated heterocycles. The molecule has 0 aliphatic carbocycles. The van der Waals surface area contributed by atoms with Crippen LogP contribution in [0.25, 0.3) is 5.69 Å². The van der Waals surface area contributed by atoms with Crippen molar-refractivity contribution in [3.63, 3.8) is 0 Å². The second-order valence-electron chi connectivity index (χ2n) is 6.89. The summed E-state index contributed by atoms with van der Waals surface area (Å²) >= 11 is 0. The van der Waals surface area contributed by atoms with Gasteiger partial charge in [-0.1, -0.05) is 12.1 Å². The van der Waals surface area contributed by atoms with Gasteiger partial charge in [0.25, 0.3) is 0 Å². The topological polar surface area (TPSA) is 105 Å². The molecule has 0 spiro atoms. The molecule has 1 amide bonds. The van der Waals surface area contributed by atoms with Crippen LogP contribution in [0.15, 0.2) is 48.5 Å². The lowest BCUT2D eigenvalue weighted by Crippen LogP contribution is -2.24. The third kappa shape index (κ3) is 5.10. The molecule has 0 bridgehead atoms. The van der Waals surface area contributed by atoms with Gasteiger partial charge in [-0.05, 0) is 55.8 Å². The van der Waals surface area contributed by atoms with Crippen molar-refractivity contribution in [1.82, 2.24) is 9.78 Å². The molecule has 7 nitrogen and oxygen atoms in total. The third-order valence-electron chi connectivity index (χ3n) is 4.29. The van der Waals surface area contributed by atoms with Gasteiger partial charge in [0.2, 0.25) is 5.91 Å². The maximum absolute atomic E-state index is 14.5. The fraction of sp³-hybridized carbons (Fsp3) is 0.190. The lowest BCUT2D eigenvalue weighted by molar-refractivity contribution is -0.113. The minimum atomic E-state index is -3.74. The Bertz CT molecular complexity index is 1240. The maximum Gasteiger partial charge on any atom is 0.239 e. The Morgan fingerprint density at radius 2 is 1.87 bits per heavy atom. The van der Waals surface area contributed by atoms with Gasteiger partial charge in [-0.15, -0.1) is 0 Å². The van der Waals surface area contributed by atoms with Crippen LogP contribution >= 0.6 is 0 Å². The summed E-state index contributed by atoms with van der Waals surface area (Å²) < 4.78 is 40.5. The van der Waals surface area contributed by atoms with Crippen LogP contribution in [0.5, 0.6) is 0 Å². The highest BCUT2D eigenvalue weighted by Crippen LogP contribution is 2.20. The predicted molar refractivity (Wildman–Crippen MR) is 110 cm³/mol. The molecule has 1 N–H and O–H groups in total. The van der Waals surface area contributed by atoms with Crippen molar-refractivity contribution >= 4 is 21.4 Å². The summed E-state index contributed by atoms with van der Waals surface area (Å²) in [5.41, 5.74) is 2.78. The van der Waals surface area contributed by atoms with E-state index in [1.807, 2.05) is 12.1 Å². The molecular formula is C21H19FN4O3S. The first-order valence-electron chi connectivity index (χ1n) is 8.99. The molecule has 0 unspecified atom stereocenters. The summed E-state index contributed by atoms with van der Waals surface area (Å²) in [4.78, 5) is 12.2. The van der Waals surface area contributed by atoms with E-state index >= 15 is 0 Å². The van der Waals surface area contributed by atoms with Gasteiger partial charge in [-0.25, -0.2) is 17.5 Å². The number of aryl methyl sites for hydroxylation is 2. The van der Waals surface area contributed by atoms with Crippen LogP contribution < -0.4 is 5.32 Å². The van der Waals surface area contributed by atoms with Crippen LogP contribution in [0.4, 0.5) is 10.1 Å². The van der Waals surface area contributed by atoms with Crippen molar-refractivity contribution in [2.75, 3.05) is 11.1 Å². The Morgan fingerprint density at radius 3 is 2.43 bits per heavy atom. The zero-order valence-corrected chi connectivity index (χ0v) is 17.2. The van der Waals surface area contributed by atoms with E-state index in [-0.39, 0.29) is 17.1 Å². The standard InChI is InChI=1S/C21H19FN4O3S/c1-14-9-15(2)26(25-14)20-8-7-18(10-19(20)22)24-21(27)13-30(28,29)12-17-5-3-16(11-23)4-6-17/h3-10H,12-13H2,1-2H3,(H,24,27). The molecule has 0 atom stereocenters. The number of benzene rings is 2. The number of carbonyl (C=O) groups is 1. The van der Waals surface area contributed by atoms with Crippen molar-refractivity contribution < 1.29 is 17.6 Å². The number of hydrogen-bond acceptors (Lipinski definition) is 5. The molecule has 9 heteroatoms. The molecule has 3 rings (SSSR count). The molecule has 30 heavy (non-hydrogen) atoms. The van der Waals surface area contributed by atoms with Crippen molar-refractivity contribution in [2.45, 2.75) is 19.6 Å². The number of hydrogen-bond donors (Lipinski definition) is 1. The predicted octanol–water partition coefficient (Wildman–Crippen LogP) is 3.05. The number of halogens is 1. The quantitative estimate of drug-likeness (QED) is 0.652. The summed E-state index contributed by atoms with van der Waals surface area (Å²) in [7, 11) is -3.74. The molecule has 0 aliphatic heterocycles. The van der Waals surface area contributed by atoms with E-state index < -0.39 is 27.3 Å². The van der Waals surface area contributed by atoms with Crippen LogP contribution in [0.3, 0.4) is 0 Å². The van der Waals surface area contributed by atoms with Crippen LogP contribution in [-0.4, -0.2) is 29.9 Å². The van der Waals surface area contributed by atoms with Crippen LogP contribution in [0, 0.1) is 31.0 Å². The first kappa shape index (κ1) is 21.2. The van der Waals surface area contributed by atoms with Gasteiger partial charge in [0.1, 0.15) is 11.4 Å². The fourth-order valence-corrected chi connectivity index (χ4v) is 4.28. The van der Waals surface area contributed by atoms with Crippen molar-refractivity contribution in [2.24, 2.45) is 0 Å². The van der Waals surface area contributed by atoms with Crippen LogP contribution in [-0.2, 0) is 20.4 Å². The number of aromatic nitrogens is 2. The summed E-state index contributed by atoms with van der Waals surface area (Å²) in [5, 5.41) is 15.4. The summed E-state index contributed by atoms with van der Waals surface area (Å²) in [6.45, 7) is 3.60. The van der Waals surface area contributed by atoms with Gasteiger partial charge in [-0.2, -0.15) is 10.4 Å². The van der Waals surface area contributed by atoms with E-state index in [0.29, 0.717) is 11.1 Å². The molecule has 154 valence electrons. The first-order chi connectivity index (χ1) is 14.2. The number of amides is 1. The second-order valence-corrected chi connectivity index (χ2v) is 8.96. The molecule has 0 radical (unpaired) electrons. The molecule has 2 aromatic carbocycles. The van der Waals surface area contributed by atoms with E-state index in [4.69, 9.17) is 5.26 Å². The van der Waals surface area contributed by atoms with Gasteiger partial charge < -0.3 is 5.32 Å². The Hall–Kier alpha value is -3.51. The normalized spacial score (nSPS) is 11.1. The molecule has 3 aromatic rings. The zero-order chi connectivity index (χ0) is 21.9. The lowest BCUT2D eigenvalue weighted by Gasteiger charge is -2.10. The number of rotatable bonds is 6. The number of carbonyl (C=O) groups excluding carboxylic acids is 1. The van der Waals surface area contributed by atoms with Gasteiger partial charge in [-0.3, -0.25) is 4.79 Å². The SMILES string of the molecule is Cc1cc(C)n(-c2ccc(NC(=O)CS(=O)(=O)Cc3ccc(C#N)cc3)cc2F)n1. The van der Waals surface area contributed by atoms with Crippen LogP contribution in [0.1, 0.15) is 22.5 Å². The summed E-state index contributed by atoms with van der Waals surface area (Å²) in [5.74, 6) is -2.44. The minimum absolute atomic E-state index is 0.149. The van der Waals surface area contributed by atoms with Crippen LogP contribution in [0.2, 0.25) is 0 Å². The van der Waals surface area contributed by atoms with Gasteiger partial charge in [0.15, 0.2) is 15.7 Å². The molecule has 0 saturated carbocycles. The number of sulfone groups is 1. The van der Waals surface area contributed by atoms with E-state index in [1.165, 1.54) is 41.1 Å². The molecule has 0 aliphatic rings. The molecule has 0 fully saturated rings. The van der Waals surface area contributed by atoms with Gasteiger partial charge >= 0.3 is 0 Å². The number of nitrogens with zero attached hydrogens (tertiary/aromatic N) is 3. The number of nitriles is 1. The largest absolute Gasteiger partial charge is 0.325 e. The molecule has 1 heterocycles. The average Bonchev–Trinajstić information content (AvgIpc) is 2.99. The fourth-order valence-electron chi connectivity index (χ4n) is 3.01. The van der Waals surface area contributed by atoms with Gasteiger partial charge in [0.05, 0.1) is 23.1 Å². The van der Waals surface area contributed by atoms with Gasteiger partial charge in [0, 0.05) is 11.4 Å². The lowest BCUT2D eigenvalue weighted by atomic mass is 10.2. The first-order valence-corrected chi connectivity index (χ1v) is 10.8. The highest BCUT2D eigenvalue weighted by molar-refractivity contribution is 7.91. The van der Waals surface area contributed by atoms with Crippen molar-refractivity contribution in [1.29, 1.82) is 5.26 Å². The summed E-state index contributed by atoms with van der Waals surface area (Å²) in [6, 6.07) is 13.9. The Balaban J connectivity index is 1.67. The average molecular weight is 426 g/mol. The zero-order valence-electron chi connectivity index (χ0n) is 16.4. The second kappa shape index (κ2) is 8.47. The third-order valence-corrected chi connectivity index (χ3v) is 5.77. The smallest absolute Gasteiger partial charge is 0.239 e. The van der Waals surface area contributed by atoms with E-state index in [0.717, 1.165) is 17.5 Å². The van der Waals surface area contributed by atoms with E-state index in [9.17, 15) is 17.6 Å². The monoisotopic (exact) mass is 426 g/mol. The molecule has 1 aromatic heterocycles. The number of anilines is 1. The summed E-state index contributed by atoms with van der Waals surface area (Å²) in [6.07, 6.45) is 0. The Kier molecular flexibility index (Phi) is 5.99. The Labute approximate surface area is 173 Å². The Morgan fingerprint density at radius 1 is 1.17 bits per heavy atom. The maximum atomic E-state index is 14.5. The molecular weight excluding hydrogens is 407 g/mol. The number of nitrogens with one attached hydrogen (secondary N) is 1. The van der Waals surface area contributed by atoms with E-state index in [2.05, 4.69) is 10.4 Å². The van der Waals surface area contributed by atoms with Crippen molar-refractivity contribution in [3.8, 4) is 11.8 Å². The van der Waals surface area contributed by atoms with Crippen molar-refractivity contribution in [3.05, 3.63) is 76.9 Å². The highest BCUT2D eigenvalue weighted by Gasteiger charge is 2.18. The highest BCUT2D eigenvalue weighted by atomic mass is 32.2.